The maximum atomic E-state index is 4.00. The van der Waals surface area contributed by atoms with Gasteiger partial charge in [0.1, 0.15) is 0 Å². The molecule has 0 saturated carbocycles. The van der Waals surface area contributed by atoms with E-state index in [1.54, 1.807) is 6.20 Å². The summed E-state index contributed by atoms with van der Waals surface area (Å²) in [6, 6.07) is 11.0. The van der Waals surface area contributed by atoms with Gasteiger partial charge in [-0.2, -0.15) is 5.10 Å². The number of aromatic amines is 1. The van der Waals surface area contributed by atoms with Gasteiger partial charge in [-0.15, -0.1) is 0 Å². The summed E-state index contributed by atoms with van der Waals surface area (Å²) in [5.74, 6) is 0. The first kappa shape index (κ1) is 11.9. The van der Waals surface area contributed by atoms with Crippen molar-refractivity contribution in [1.82, 2.24) is 15.5 Å². The van der Waals surface area contributed by atoms with Crippen LogP contribution in [-0.2, 0) is 6.42 Å². The Kier molecular flexibility index (Phi) is 3.94. The molecule has 3 nitrogen and oxygen atoms in total. The fraction of sp³-hybridized carbons (Fsp3) is 0.357. The van der Waals surface area contributed by atoms with Gasteiger partial charge in [-0.3, -0.25) is 5.10 Å². The minimum absolute atomic E-state index is 0.188. The van der Waals surface area contributed by atoms with Crippen LogP contribution in [0.2, 0.25) is 0 Å². The van der Waals surface area contributed by atoms with E-state index in [0.29, 0.717) is 0 Å². The van der Waals surface area contributed by atoms with Crippen LogP contribution in [0.3, 0.4) is 0 Å². The van der Waals surface area contributed by atoms with E-state index in [9.17, 15) is 0 Å². The number of aromatic nitrogens is 2. The van der Waals surface area contributed by atoms with Crippen molar-refractivity contribution in [3.05, 3.63) is 53.3 Å². The number of nitrogens with one attached hydrogen (secondary N) is 2. The Morgan fingerprint density at radius 2 is 2.00 bits per heavy atom. The average molecular weight is 229 g/mol. The van der Waals surface area contributed by atoms with Crippen LogP contribution < -0.4 is 5.32 Å². The first-order valence-electron chi connectivity index (χ1n) is 6.10. The second-order valence-electron chi connectivity index (χ2n) is 4.23. The lowest BCUT2D eigenvalue weighted by atomic mass is 10.0. The van der Waals surface area contributed by atoms with Crippen LogP contribution in [0.15, 0.2) is 36.5 Å². The molecule has 17 heavy (non-hydrogen) atoms. The molecule has 0 spiro atoms. The van der Waals surface area contributed by atoms with Crippen LogP contribution in [0.5, 0.6) is 0 Å². The molecule has 0 bridgehead atoms. The fourth-order valence-corrected chi connectivity index (χ4v) is 2.09. The van der Waals surface area contributed by atoms with Crippen molar-refractivity contribution in [1.29, 1.82) is 0 Å². The fourth-order valence-electron chi connectivity index (χ4n) is 2.09. The molecule has 0 aliphatic rings. The summed E-state index contributed by atoms with van der Waals surface area (Å²) in [6.07, 6.45) is 4.12. The first-order valence-corrected chi connectivity index (χ1v) is 6.10. The maximum absolute atomic E-state index is 4.00. The molecule has 1 atom stereocenters. The van der Waals surface area contributed by atoms with Crippen LogP contribution >= 0.6 is 0 Å². The Labute approximate surface area is 102 Å². The van der Waals surface area contributed by atoms with Gasteiger partial charge in [0.2, 0.25) is 0 Å². The number of hydrogen-bond donors (Lipinski definition) is 2. The first-order chi connectivity index (χ1) is 8.35. The lowest BCUT2D eigenvalue weighted by molar-refractivity contribution is 0.667. The van der Waals surface area contributed by atoms with E-state index in [1.807, 2.05) is 13.1 Å². The van der Waals surface area contributed by atoms with Gasteiger partial charge in [0.05, 0.1) is 11.7 Å². The second kappa shape index (κ2) is 5.64. The normalized spacial score (nSPS) is 12.6. The number of hydrogen-bond acceptors (Lipinski definition) is 2. The van der Waals surface area contributed by atoms with Gasteiger partial charge in [-0.25, -0.2) is 0 Å². The van der Waals surface area contributed by atoms with Crippen LogP contribution in [0.25, 0.3) is 0 Å². The largest absolute Gasteiger partial charge is 0.308 e. The summed E-state index contributed by atoms with van der Waals surface area (Å²) in [4.78, 5) is 0. The van der Waals surface area contributed by atoms with Gasteiger partial charge in [-0.05, 0) is 30.7 Å². The highest BCUT2D eigenvalue weighted by molar-refractivity contribution is 5.30. The second-order valence-corrected chi connectivity index (χ2v) is 4.23. The lowest BCUT2D eigenvalue weighted by Crippen LogP contribution is -2.18. The monoisotopic (exact) mass is 229 g/mol. The van der Waals surface area contributed by atoms with Gasteiger partial charge < -0.3 is 5.32 Å². The molecule has 0 aliphatic carbocycles. The number of rotatable bonds is 5. The van der Waals surface area contributed by atoms with Gasteiger partial charge in [-0.1, -0.05) is 37.6 Å². The summed E-state index contributed by atoms with van der Waals surface area (Å²) >= 11 is 0. The van der Waals surface area contributed by atoms with E-state index < -0.39 is 0 Å². The van der Waals surface area contributed by atoms with Crippen LogP contribution in [0.1, 0.15) is 36.2 Å². The Morgan fingerprint density at radius 1 is 1.24 bits per heavy atom. The molecule has 1 unspecified atom stereocenters. The van der Waals surface area contributed by atoms with Crippen molar-refractivity contribution in [2.24, 2.45) is 0 Å². The summed E-state index contributed by atoms with van der Waals surface area (Å²) in [7, 11) is 1.96. The quantitative estimate of drug-likeness (QED) is 0.827. The Morgan fingerprint density at radius 3 is 2.53 bits per heavy atom. The van der Waals surface area contributed by atoms with Crippen molar-refractivity contribution in [2.45, 2.75) is 25.8 Å². The molecule has 0 amide bonds. The van der Waals surface area contributed by atoms with Gasteiger partial charge in [0, 0.05) is 6.20 Å². The van der Waals surface area contributed by atoms with E-state index >= 15 is 0 Å². The zero-order valence-corrected chi connectivity index (χ0v) is 10.4. The van der Waals surface area contributed by atoms with Crippen LogP contribution in [0.4, 0.5) is 0 Å². The van der Waals surface area contributed by atoms with E-state index in [2.05, 4.69) is 46.7 Å². The summed E-state index contributed by atoms with van der Waals surface area (Å²) < 4.78 is 0. The number of H-pyrrole nitrogens is 1. The Balaban J connectivity index is 2.20. The van der Waals surface area contributed by atoms with Crippen molar-refractivity contribution in [3.8, 4) is 0 Å². The van der Waals surface area contributed by atoms with E-state index in [4.69, 9.17) is 0 Å². The summed E-state index contributed by atoms with van der Waals surface area (Å²) in [5.41, 5.74) is 3.75. The average Bonchev–Trinajstić information content (AvgIpc) is 2.86. The molecule has 2 rings (SSSR count). The van der Waals surface area contributed by atoms with Crippen molar-refractivity contribution in [3.63, 3.8) is 0 Å². The molecule has 0 fully saturated rings. The standard InChI is InChI=1S/C14H19N3/c1-3-4-11-5-7-12(8-6-11)14(15-2)13-9-10-16-17-13/h5-10,14-15H,3-4H2,1-2H3,(H,16,17). The molecule has 2 N–H and O–H groups in total. The third-order valence-corrected chi connectivity index (χ3v) is 2.97. The third-order valence-electron chi connectivity index (χ3n) is 2.97. The number of nitrogens with zero attached hydrogens (tertiary/aromatic N) is 1. The number of aryl methyl sites for hydroxylation is 1. The van der Waals surface area contributed by atoms with E-state index in [0.717, 1.165) is 12.1 Å². The molecule has 0 radical (unpaired) electrons. The highest BCUT2D eigenvalue weighted by Crippen LogP contribution is 2.20. The van der Waals surface area contributed by atoms with Crippen molar-refractivity contribution < 1.29 is 0 Å². The van der Waals surface area contributed by atoms with Gasteiger partial charge in [0.15, 0.2) is 0 Å². The maximum Gasteiger partial charge on any atom is 0.0743 e. The molecule has 3 heteroatoms. The van der Waals surface area contributed by atoms with Crippen LogP contribution in [-0.4, -0.2) is 17.2 Å². The molecule has 0 aliphatic heterocycles. The van der Waals surface area contributed by atoms with E-state index in [-0.39, 0.29) is 6.04 Å². The summed E-state index contributed by atoms with van der Waals surface area (Å²) in [5, 5.41) is 10.3. The molecule has 1 aromatic carbocycles. The SMILES string of the molecule is CCCc1ccc(C(NC)c2ccn[nH]2)cc1. The molecular weight excluding hydrogens is 210 g/mol. The molecule has 90 valence electrons. The smallest absolute Gasteiger partial charge is 0.0743 e. The van der Waals surface area contributed by atoms with Crippen molar-refractivity contribution >= 4 is 0 Å². The predicted octanol–water partition coefficient (Wildman–Crippen LogP) is 2.67. The topological polar surface area (TPSA) is 40.7 Å². The highest BCUT2D eigenvalue weighted by Gasteiger charge is 2.12. The van der Waals surface area contributed by atoms with Gasteiger partial charge >= 0.3 is 0 Å². The third kappa shape index (κ3) is 2.74. The minimum atomic E-state index is 0.188. The van der Waals surface area contributed by atoms with Gasteiger partial charge in [0.25, 0.3) is 0 Å². The zero-order chi connectivity index (χ0) is 12.1. The highest BCUT2D eigenvalue weighted by atomic mass is 15.1. The Hall–Kier alpha value is -1.61. The zero-order valence-electron chi connectivity index (χ0n) is 10.4. The molecular formula is C14H19N3. The summed E-state index contributed by atoms with van der Waals surface area (Å²) in [6.45, 7) is 2.20. The predicted molar refractivity (Wildman–Crippen MR) is 69.9 cm³/mol. The number of benzene rings is 1. The minimum Gasteiger partial charge on any atom is -0.308 e. The molecule has 1 aromatic heterocycles. The van der Waals surface area contributed by atoms with E-state index in [1.165, 1.54) is 17.5 Å². The lowest BCUT2D eigenvalue weighted by Gasteiger charge is -2.15. The molecule has 1 heterocycles. The van der Waals surface area contributed by atoms with Crippen molar-refractivity contribution in [2.75, 3.05) is 7.05 Å². The Bertz CT molecular complexity index is 431. The van der Waals surface area contributed by atoms with Crippen LogP contribution in [0, 0.1) is 0 Å². The molecule has 2 aromatic rings. The molecule has 0 saturated heterocycles.